The van der Waals surface area contributed by atoms with Gasteiger partial charge >= 0.3 is 6.03 Å². The first-order chi connectivity index (χ1) is 7.74. The van der Waals surface area contributed by atoms with Gasteiger partial charge in [0.05, 0.1) is 0 Å². The molecule has 1 rings (SSSR count). The van der Waals surface area contributed by atoms with Crippen molar-refractivity contribution in [2.45, 2.75) is 26.3 Å². The van der Waals surface area contributed by atoms with Gasteiger partial charge in [-0.3, -0.25) is 0 Å². The number of carbonyl (C=O) groups is 1. The summed E-state index contributed by atoms with van der Waals surface area (Å²) in [5.41, 5.74) is 0.494. The Bertz CT molecular complexity index is 342. The number of carbonyl (C=O) groups excluding carboxylic acids is 1. The van der Waals surface area contributed by atoms with Crippen LogP contribution in [-0.2, 0) is 6.54 Å². The van der Waals surface area contributed by atoms with Crippen molar-refractivity contribution in [3.8, 4) is 0 Å². The first-order valence-corrected chi connectivity index (χ1v) is 5.49. The van der Waals surface area contributed by atoms with Crippen molar-refractivity contribution in [2.75, 3.05) is 6.54 Å². The van der Waals surface area contributed by atoms with Crippen LogP contribution in [0, 0.1) is 5.82 Å². The van der Waals surface area contributed by atoms with E-state index in [1.54, 1.807) is 18.2 Å². The summed E-state index contributed by atoms with van der Waals surface area (Å²) in [6, 6.07) is 6.15. The molecular formula is C12H17FN2O. The summed E-state index contributed by atoms with van der Waals surface area (Å²) < 4.78 is 13.2. The highest BCUT2D eigenvalue weighted by molar-refractivity contribution is 5.73. The van der Waals surface area contributed by atoms with Crippen LogP contribution in [0.5, 0.6) is 0 Å². The van der Waals surface area contributed by atoms with Crippen molar-refractivity contribution in [3.63, 3.8) is 0 Å². The van der Waals surface area contributed by atoms with E-state index in [0.29, 0.717) is 12.1 Å². The Hall–Kier alpha value is -1.58. The topological polar surface area (TPSA) is 41.1 Å². The first kappa shape index (κ1) is 12.5. The number of urea groups is 1. The molecule has 0 bridgehead atoms. The molecule has 0 aliphatic carbocycles. The fourth-order valence-electron chi connectivity index (χ4n) is 1.26. The Balaban J connectivity index is 2.29. The van der Waals surface area contributed by atoms with Gasteiger partial charge in [0.1, 0.15) is 5.82 Å². The molecule has 1 aromatic carbocycles. The van der Waals surface area contributed by atoms with Gasteiger partial charge in [-0.2, -0.15) is 0 Å². The predicted octanol–water partition coefficient (Wildman–Crippen LogP) is 2.43. The molecule has 2 amide bonds. The summed E-state index contributed by atoms with van der Waals surface area (Å²) in [7, 11) is 0. The zero-order valence-corrected chi connectivity index (χ0v) is 9.42. The molecular weight excluding hydrogens is 207 g/mol. The van der Waals surface area contributed by atoms with Crippen molar-refractivity contribution in [1.29, 1.82) is 0 Å². The molecule has 16 heavy (non-hydrogen) atoms. The van der Waals surface area contributed by atoms with Crippen LogP contribution in [-0.4, -0.2) is 12.6 Å². The Morgan fingerprint density at radius 2 is 2.06 bits per heavy atom. The lowest BCUT2D eigenvalue weighted by molar-refractivity contribution is 0.240. The average Bonchev–Trinajstić information content (AvgIpc) is 2.28. The number of hydrogen-bond acceptors (Lipinski definition) is 1. The van der Waals surface area contributed by atoms with E-state index >= 15 is 0 Å². The van der Waals surface area contributed by atoms with Crippen LogP contribution < -0.4 is 10.6 Å². The molecule has 1 aromatic rings. The molecule has 0 aliphatic heterocycles. The van der Waals surface area contributed by atoms with Gasteiger partial charge in [-0.15, -0.1) is 0 Å². The van der Waals surface area contributed by atoms with Crippen LogP contribution in [0.4, 0.5) is 9.18 Å². The largest absolute Gasteiger partial charge is 0.338 e. The highest BCUT2D eigenvalue weighted by atomic mass is 19.1. The van der Waals surface area contributed by atoms with E-state index < -0.39 is 0 Å². The van der Waals surface area contributed by atoms with Crippen molar-refractivity contribution in [2.24, 2.45) is 0 Å². The normalized spacial score (nSPS) is 9.88. The van der Waals surface area contributed by atoms with Crippen LogP contribution in [0.1, 0.15) is 25.3 Å². The standard InChI is InChI=1S/C12H17FN2O/c1-2-3-8-14-12(16)15-9-10-6-4-5-7-11(10)13/h4-7H,2-3,8-9H2,1H3,(H2,14,15,16). The molecule has 4 heteroatoms. The minimum Gasteiger partial charge on any atom is -0.338 e. The Morgan fingerprint density at radius 1 is 1.31 bits per heavy atom. The molecule has 88 valence electrons. The number of nitrogens with one attached hydrogen (secondary N) is 2. The molecule has 0 atom stereocenters. The third-order valence-electron chi connectivity index (χ3n) is 2.21. The van der Waals surface area contributed by atoms with Crippen molar-refractivity contribution >= 4 is 6.03 Å². The van der Waals surface area contributed by atoms with E-state index in [1.807, 2.05) is 0 Å². The van der Waals surface area contributed by atoms with Gasteiger partial charge in [0.2, 0.25) is 0 Å². The summed E-state index contributed by atoms with van der Waals surface area (Å²) in [5.74, 6) is -0.295. The zero-order valence-electron chi connectivity index (χ0n) is 9.42. The second-order valence-corrected chi connectivity index (χ2v) is 3.55. The number of rotatable bonds is 5. The van der Waals surface area contributed by atoms with E-state index in [4.69, 9.17) is 0 Å². The molecule has 0 unspecified atom stereocenters. The van der Waals surface area contributed by atoms with Crippen LogP contribution >= 0.6 is 0 Å². The quantitative estimate of drug-likeness (QED) is 0.741. The lowest BCUT2D eigenvalue weighted by atomic mass is 10.2. The molecule has 3 nitrogen and oxygen atoms in total. The van der Waals surface area contributed by atoms with E-state index in [2.05, 4.69) is 17.6 Å². The maximum Gasteiger partial charge on any atom is 0.315 e. The van der Waals surface area contributed by atoms with E-state index in [0.717, 1.165) is 12.8 Å². The molecule has 0 radical (unpaired) electrons. The Morgan fingerprint density at radius 3 is 2.75 bits per heavy atom. The number of benzene rings is 1. The Kier molecular flexibility index (Phi) is 5.32. The molecule has 0 spiro atoms. The van der Waals surface area contributed by atoms with Gasteiger partial charge in [0, 0.05) is 18.7 Å². The lowest BCUT2D eigenvalue weighted by Gasteiger charge is -2.07. The molecule has 0 heterocycles. The summed E-state index contributed by atoms with van der Waals surface area (Å²) in [6.45, 7) is 2.92. The van der Waals surface area contributed by atoms with Crippen LogP contribution in [0.25, 0.3) is 0 Å². The second kappa shape index (κ2) is 6.82. The van der Waals surface area contributed by atoms with E-state index in [-0.39, 0.29) is 18.4 Å². The third-order valence-corrected chi connectivity index (χ3v) is 2.21. The van der Waals surface area contributed by atoms with Crippen molar-refractivity contribution in [3.05, 3.63) is 35.6 Å². The second-order valence-electron chi connectivity index (χ2n) is 3.55. The molecule has 2 N–H and O–H groups in total. The van der Waals surface area contributed by atoms with Gasteiger partial charge in [0.25, 0.3) is 0 Å². The summed E-state index contributed by atoms with van der Waals surface area (Å²) >= 11 is 0. The molecule has 0 aliphatic rings. The monoisotopic (exact) mass is 224 g/mol. The number of hydrogen-bond donors (Lipinski definition) is 2. The number of amides is 2. The molecule has 0 saturated carbocycles. The average molecular weight is 224 g/mol. The molecule has 0 aromatic heterocycles. The maximum atomic E-state index is 13.2. The van der Waals surface area contributed by atoms with Gasteiger partial charge in [-0.05, 0) is 12.5 Å². The smallest absolute Gasteiger partial charge is 0.315 e. The van der Waals surface area contributed by atoms with Gasteiger partial charge in [-0.1, -0.05) is 31.5 Å². The summed E-state index contributed by atoms with van der Waals surface area (Å²) in [5, 5.41) is 5.31. The van der Waals surface area contributed by atoms with Crippen LogP contribution in [0.2, 0.25) is 0 Å². The zero-order chi connectivity index (χ0) is 11.8. The van der Waals surface area contributed by atoms with E-state index in [1.165, 1.54) is 6.07 Å². The SMILES string of the molecule is CCCCNC(=O)NCc1ccccc1F. The Labute approximate surface area is 95.0 Å². The summed E-state index contributed by atoms with van der Waals surface area (Å²) in [6.07, 6.45) is 1.99. The molecule has 0 saturated heterocycles. The van der Waals surface area contributed by atoms with Gasteiger partial charge in [0.15, 0.2) is 0 Å². The highest BCUT2D eigenvalue weighted by Gasteiger charge is 2.02. The van der Waals surface area contributed by atoms with Crippen molar-refractivity contribution in [1.82, 2.24) is 10.6 Å². The fourth-order valence-corrected chi connectivity index (χ4v) is 1.26. The maximum absolute atomic E-state index is 13.2. The third kappa shape index (κ3) is 4.29. The minimum absolute atomic E-state index is 0.213. The van der Waals surface area contributed by atoms with Gasteiger partial charge in [-0.25, -0.2) is 9.18 Å². The number of unbranched alkanes of at least 4 members (excludes halogenated alkanes) is 1. The minimum atomic E-state index is -0.295. The van der Waals surface area contributed by atoms with E-state index in [9.17, 15) is 9.18 Å². The lowest BCUT2D eigenvalue weighted by Crippen LogP contribution is -2.35. The summed E-state index contributed by atoms with van der Waals surface area (Å²) in [4.78, 5) is 11.3. The number of halogens is 1. The van der Waals surface area contributed by atoms with Gasteiger partial charge < -0.3 is 10.6 Å². The predicted molar refractivity (Wildman–Crippen MR) is 61.5 cm³/mol. The van der Waals surface area contributed by atoms with Crippen LogP contribution in [0.15, 0.2) is 24.3 Å². The first-order valence-electron chi connectivity index (χ1n) is 5.49. The molecule has 0 fully saturated rings. The van der Waals surface area contributed by atoms with Crippen LogP contribution in [0.3, 0.4) is 0 Å². The fraction of sp³-hybridized carbons (Fsp3) is 0.417. The highest BCUT2D eigenvalue weighted by Crippen LogP contribution is 2.05. The van der Waals surface area contributed by atoms with Crippen molar-refractivity contribution < 1.29 is 9.18 Å².